The van der Waals surface area contributed by atoms with Crippen molar-refractivity contribution in [3.05, 3.63) is 29.6 Å². The number of nitrogens with zero attached hydrogens (tertiary/aromatic N) is 1. The lowest BCUT2D eigenvalue weighted by Crippen LogP contribution is -2.26. The Kier molecular flexibility index (Phi) is 5.22. The molecule has 1 aromatic rings. The van der Waals surface area contributed by atoms with Crippen molar-refractivity contribution in [1.29, 1.82) is 0 Å². The van der Waals surface area contributed by atoms with Gasteiger partial charge in [0.1, 0.15) is 10.7 Å². The van der Waals surface area contributed by atoms with Crippen molar-refractivity contribution >= 4 is 23.1 Å². The summed E-state index contributed by atoms with van der Waals surface area (Å²) < 4.78 is 35.6. The molecule has 0 spiro atoms. The number of rotatable bonds is 5. The highest BCUT2D eigenvalue weighted by Crippen LogP contribution is 2.20. The number of halogens is 3. The van der Waals surface area contributed by atoms with Gasteiger partial charge in [-0.15, -0.1) is 0 Å². The van der Waals surface area contributed by atoms with E-state index in [0.29, 0.717) is 5.56 Å². The molecule has 0 atom stereocenters. The normalized spacial score (nSPS) is 11.1. The van der Waals surface area contributed by atoms with Crippen LogP contribution >= 0.6 is 12.2 Å². The number of amides is 1. The number of carbonyl (C=O) groups is 1. The zero-order valence-electron chi connectivity index (χ0n) is 9.83. The number of hydrogen-bond acceptors (Lipinski definition) is 3. The van der Waals surface area contributed by atoms with Crippen molar-refractivity contribution in [3.8, 4) is 0 Å². The van der Waals surface area contributed by atoms with Crippen LogP contribution in [0, 0.1) is 0 Å². The Balaban J connectivity index is 2.43. The molecule has 104 valence electrons. The van der Waals surface area contributed by atoms with Gasteiger partial charge in [0.25, 0.3) is 5.91 Å². The Labute approximate surface area is 113 Å². The predicted molar refractivity (Wildman–Crippen MR) is 67.7 cm³/mol. The van der Waals surface area contributed by atoms with Crippen LogP contribution in [0.25, 0.3) is 0 Å². The Morgan fingerprint density at radius 3 is 2.58 bits per heavy atom. The summed E-state index contributed by atoms with van der Waals surface area (Å²) in [5.41, 5.74) is 5.98. The van der Waals surface area contributed by atoms with E-state index in [1.165, 1.54) is 18.3 Å². The smallest absolute Gasteiger partial charge is 0.389 e. The van der Waals surface area contributed by atoms with Crippen molar-refractivity contribution in [2.24, 2.45) is 5.73 Å². The molecule has 0 saturated heterocycles. The molecule has 1 heterocycles. The van der Waals surface area contributed by atoms with E-state index in [2.05, 4.69) is 10.3 Å². The number of carbonyl (C=O) groups excluding carboxylic acids is 1. The van der Waals surface area contributed by atoms with Crippen LogP contribution in [0.15, 0.2) is 18.3 Å². The molecular formula is C11H12F3N3OS. The third-order valence-corrected chi connectivity index (χ3v) is 2.44. The summed E-state index contributed by atoms with van der Waals surface area (Å²) in [7, 11) is 0. The molecule has 0 aromatic carbocycles. The molecule has 3 N–H and O–H groups in total. The summed E-state index contributed by atoms with van der Waals surface area (Å²) in [6, 6.07) is 2.94. The minimum Gasteiger partial charge on any atom is -0.389 e. The van der Waals surface area contributed by atoms with Crippen LogP contribution in [-0.2, 0) is 0 Å². The first-order valence-electron chi connectivity index (χ1n) is 5.40. The van der Waals surface area contributed by atoms with Gasteiger partial charge in [0.15, 0.2) is 0 Å². The highest BCUT2D eigenvalue weighted by atomic mass is 32.1. The summed E-state index contributed by atoms with van der Waals surface area (Å²) >= 11 is 4.72. The highest BCUT2D eigenvalue weighted by Gasteiger charge is 2.26. The van der Waals surface area contributed by atoms with E-state index in [4.69, 9.17) is 18.0 Å². The number of nitrogens with two attached hydrogens (primary N) is 1. The van der Waals surface area contributed by atoms with Crippen LogP contribution in [-0.4, -0.2) is 28.6 Å². The maximum atomic E-state index is 11.9. The van der Waals surface area contributed by atoms with Crippen LogP contribution in [0.3, 0.4) is 0 Å². The van der Waals surface area contributed by atoms with Crippen LogP contribution in [0.2, 0.25) is 0 Å². The summed E-state index contributed by atoms with van der Waals surface area (Å²) in [5, 5.41) is 2.35. The summed E-state index contributed by atoms with van der Waals surface area (Å²) in [6.45, 7) is -0.0585. The molecule has 0 saturated carbocycles. The van der Waals surface area contributed by atoms with Crippen LogP contribution in [0.4, 0.5) is 13.2 Å². The van der Waals surface area contributed by atoms with Crippen LogP contribution < -0.4 is 11.1 Å². The van der Waals surface area contributed by atoms with Crippen molar-refractivity contribution in [2.45, 2.75) is 19.0 Å². The third-order valence-electron chi connectivity index (χ3n) is 2.20. The summed E-state index contributed by atoms with van der Waals surface area (Å²) in [5.74, 6) is -0.531. The molecule has 0 radical (unpaired) electrons. The molecule has 4 nitrogen and oxygen atoms in total. The van der Waals surface area contributed by atoms with Crippen molar-refractivity contribution in [3.63, 3.8) is 0 Å². The Morgan fingerprint density at radius 1 is 1.42 bits per heavy atom. The molecule has 0 bridgehead atoms. The van der Waals surface area contributed by atoms with Crippen LogP contribution in [0.1, 0.15) is 28.9 Å². The van der Waals surface area contributed by atoms with Crippen molar-refractivity contribution in [1.82, 2.24) is 10.3 Å². The second-order valence-electron chi connectivity index (χ2n) is 3.77. The van der Waals surface area contributed by atoms with Gasteiger partial charge >= 0.3 is 6.18 Å². The van der Waals surface area contributed by atoms with Gasteiger partial charge < -0.3 is 11.1 Å². The molecule has 19 heavy (non-hydrogen) atoms. The second kappa shape index (κ2) is 6.46. The monoisotopic (exact) mass is 291 g/mol. The van der Waals surface area contributed by atoms with Gasteiger partial charge in [-0.2, -0.15) is 13.2 Å². The minimum absolute atomic E-state index is 0.0585. The van der Waals surface area contributed by atoms with Gasteiger partial charge in [0.2, 0.25) is 0 Å². The Morgan fingerprint density at radius 2 is 2.11 bits per heavy atom. The minimum atomic E-state index is -4.21. The number of aromatic nitrogens is 1. The van der Waals surface area contributed by atoms with E-state index >= 15 is 0 Å². The van der Waals surface area contributed by atoms with Gasteiger partial charge in [0, 0.05) is 24.7 Å². The molecule has 8 heteroatoms. The molecule has 0 unspecified atom stereocenters. The predicted octanol–water partition coefficient (Wildman–Crippen LogP) is 1.79. The van der Waals surface area contributed by atoms with Crippen molar-refractivity contribution < 1.29 is 18.0 Å². The van der Waals surface area contributed by atoms with Gasteiger partial charge in [-0.3, -0.25) is 9.78 Å². The number of nitrogens with one attached hydrogen (secondary N) is 1. The first-order chi connectivity index (χ1) is 8.79. The second-order valence-corrected chi connectivity index (χ2v) is 4.21. The molecular weight excluding hydrogens is 279 g/mol. The lowest BCUT2D eigenvalue weighted by Gasteiger charge is -2.07. The highest BCUT2D eigenvalue weighted by molar-refractivity contribution is 7.80. The summed E-state index contributed by atoms with van der Waals surface area (Å²) in [6.07, 6.45) is -3.96. The van der Waals surface area contributed by atoms with E-state index in [9.17, 15) is 18.0 Å². The Bertz CT molecular complexity index is 459. The fourth-order valence-electron chi connectivity index (χ4n) is 1.26. The van der Waals surface area contributed by atoms with E-state index in [1.54, 1.807) is 0 Å². The standard InChI is InChI=1S/C11H12F3N3OS/c12-11(13,14)4-1-5-16-10(18)8-3-2-7(6-17-8)9(15)19/h2-3,6H,1,4-5H2,(H2,15,19)(H,16,18). The fraction of sp³-hybridized carbons (Fsp3) is 0.364. The molecule has 0 aliphatic carbocycles. The Hall–Kier alpha value is -1.70. The number of pyridine rings is 1. The van der Waals surface area contributed by atoms with Crippen LogP contribution in [0.5, 0.6) is 0 Å². The zero-order valence-corrected chi connectivity index (χ0v) is 10.6. The topological polar surface area (TPSA) is 68.0 Å². The molecule has 0 aliphatic heterocycles. The van der Waals surface area contributed by atoms with E-state index < -0.39 is 18.5 Å². The van der Waals surface area contributed by atoms with Gasteiger partial charge in [-0.25, -0.2) is 0 Å². The largest absolute Gasteiger partial charge is 0.389 e. The van der Waals surface area contributed by atoms with Gasteiger partial charge in [-0.1, -0.05) is 12.2 Å². The van der Waals surface area contributed by atoms with Gasteiger partial charge in [-0.05, 0) is 18.6 Å². The number of hydrogen-bond donors (Lipinski definition) is 2. The third kappa shape index (κ3) is 5.64. The fourth-order valence-corrected chi connectivity index (χ4v) is 1.38. The molecule has 1 aromatic heterocycles. The quantitative estimate of drug-likeness (QED) is 0.641. The number of alkyl halides is 3. The molecule has 0 aliphatic rings. The number of thiocarbonyl (C=S) groups is 1. The first-order valence-corrected chi connectivity index (χ1v) is 5.81. The molecule has 0 fully saturated rings. The van der Waals surface area contributed by atoms with E-state index in [0.717, 1.165) is 0 Å². The van der Waals surface area contributed by atoms with E-state index in [1.807, 2.05) is 0 Å². The van der Waals surface area contributed by atoms with Crippen molar-refractivity contribution in [2.75, 3.05) is 6.54 Å². The lowest BCUT2D eigenvalue weighted by atomic mass is 10.2. The van der Waals surface area contributed by atoms with E-state index in [-0.39, 0.29) is 23.6 Å². The summed E-state index contributed by atoms with van der Waals surface area (Å²) in [4.78, 5) is 15.5. The van der Waals surface area contributed by atoms with Gasteiger partial charge in [0.05, 0.1) is 0 Å². The molecule has 1 amide bonds. The maximum Gasteiger partial charge on any atom is 0.389 e. The SMILES string of the molecule is NC(=S)c1ccc(C(=O)NCCCC(F)(F)F)nc1. The maximum absolute atomic E-state index is 11.9. The average Bonchev–Trinajstić information content (AvgIpc) is 2.33. The average molecular weight is 291 g/mol. The first kappa shape index (κ1) is 15.4. The zero-order chi connectivity index (χ0) is 14.5. The lowest BCUT2D eigenvalue weighted by molar-refractivity contribution is -0.135. The molecule has 1 rings (SSSR count).